The zero-order valence-corrected chi connectivity index (χ0v) is 27.6. The lowest BCUT2D eigenvalue weighted by molar-refractivity contribution is -0.274. The molecule has 0 radical (unpaired) electrons. The first-order valence-electron chi connectivity index (χ1n) is 16.5. The summed E-state index contributed by atoms with van der Waals surface area (Å²) in [7, 11) is 0. The number of rotatable bonds is 13. The fourth-order valence-electron chi connectivity index (χ4n) is 7.05. The number of hydrogen-bond donors (Lipinski definition) is 1. The molecule has 0 bridgehead atoms. The van der Waals surface area contributed by atoms with Crippen LogP contribution in [0.3, 0.4) is 0 Å². The Balaban J connectivity index is 1.24. The Morgan fingerprint density at radius 3 is 1.90 bits per heavy atom. The van der Waals surface area contributed by atoms with Gasteiger partial charge in [-0.25, -0.2) is 4.98 Å². The third-order valence-corrected chi connectivity index (χ3v) is 9.60. The highest BCUT2D eigenvalue weighted by molar-refractivity contribution is 5.92. The van der Waals surface area contributed by atoms with E-state index in [1.54, 1.807) is 11.0 Å². The zero-order valence-electron chi connectivity index (χ0n) is 27.6. The highest BCUT2D eigenvalue weighted by Crippen LogP contribution is 2.46. The van der Waals surface area contributed by atoms with Crippen LogP contribution in [0.5, 0.6) is 11.5 Å². The summed E-state index contributed by atoms with van der Waals surface area (Å²) in [4.78, 5) is 4.10. The third kappa shape index (κ3) is 7.83. The lowest BCUT2D eigenvalue weighted by Gasteiger charge is -2.44. The van der Waals surface area contributed by atoms with Crippen LogP contribution in [-0.2, 0) is 16.9 Å². The summed E-state index contributed by atoms with van der Waals surface area (Å²) in [6.45, 7) is 3.12. The molecule has 0 unspecified atom stereocenters. The topological polar surface area (TPSA) is 91.0 Å². The molecule has 1 aliphatic carbocycles. The van der Waals surface area contributed by atoms with E-state index in [9.17, 15) is 18.4 Å². The molecule has 4 aromatic carbocycles. The summed E-state index contributed by atoms with van der Waals surface area (Å²) in [6, 6.07) is 35.9. The van der Waals surface area contributed by atoms with Gasteiger partial charge in [0, 0.05) is 23.9 Å². The molecule has 0 saturated heterocycles. The lowest BCUT2D eigenvalue weighted by Crippen LogP contribution is -2.47. The number of ether oxygens (including phenoxy) is 3. The Morgan fingerprint density at radius 2 is 1.40 bits per heavy atom. The molecular formula is C39H39F3N4O4. The van der Waals surface area contributed by atoms with Crippen molar-refractivity contribution in [3.63, 3.8) is 0 Å². The molecular weight excluding hydrogens is 645 g/mol. The highest BCUT2D eigenvalue weighted by Gasteiger charge is 2.46. The summed E-state index contributed by atoms with van der Waals surface area (Å²) in [5.41, 5.74) is 2.21. The number of aromatic nitrogens is 3. The van der Waals surface area contributed by atoms with Crippen molar-refractivity contribution >= 4 is 5.71 Å². The quantitative estimate of drug-likeness (QED) is 0.0760. The molecule has 6 rings (SSSR count). The van der Waals surface area contributed by atoms with Crippen molar-refractivity contribution < 1.29 is 32.6 Å². The maximum absolute atomic E-state index is 12.6. The van der Waals surface area contributed by atoms with Gasteiger partial charge in [-0.3, -0.25) is 4.68 Å². The smallest absolute Gasteiger partial charge is 0.493 e. The molecule has 1 fully saturated rings. The summed E-state index contributed by atoms with van der Waals surface area (Å²) in [5, 5.41) is 18.8. The molecule has 11 heteroatoms. The summed E-state index contributed by atoms with van der Waals surface area (Å²) in [6.07, 6.45) is 0.315. The molecule has 1 aliphatic rings. The Bertz CT molecular complexity index is 1710. The van der Waals surface area contributed by atoms with E-state index >= 15 is 0 Å². The van der Waals surface area contributed by atoms with Gasteiger partial charge in [0.2, 0.25) is 0 Å². The first-order valence-corrected chi connectivity index (χ1v) is 16.5. The number of halogens is 3. The van der Waals surface area contributed by atoms with Gasteiger partial charge in [-0.15, -0.1) is 13.2 Å². The van der Waals surface area contributed by atoms with Crippen LogP contribution in [0.1, 0.15) is 42.9 Å². The minimum Gasteiger partial charge on any atom is -0.493 e. The van der Waals surface area contributed by atoms with E-state index in [1.807, 2.05) is 54.6 Å². The average molecular weight is 685 g/mol. The van der Waals surface area contributed by atoms with Gasteiger partial charge in [0.25, 0.3) is 0 Å². The Morgan fingerprint density at radius 1 is 0.840 bits per heavy atom. The average Bonchev–Trinajstić information content (AvgIpc) is 3.64. The monoisotopic (exact) mass is 684 g/mol. The summed E-state index contributed by atoms with van der Waals surface area (Å²) >= 11 is 0. The highest BCUT2D eigenvalue weighted by atomic mass is 19.4. The molecule has 1 heterocycles. The van der Waals surface area contributed by atoms with Crippen molar-refractivity contribution in [2.45, 2.75) is 44.7 Å². The molecule has 0 amide bonds. The van der Waals surface area contributed by atoms with Gasteiger partial charge in [-0.1, -0.05) is 103 Å². The number of nitrogens with zero attached hydrogens (tertiary/aromatic N) is 4. The molecule has 0 aliphatic heterocycles. The van der Waals surface area contributed by atoms with Gasteiger partial charge in [0.05, 0.1) is 18.9 Å². The van der Waals surface area contributed by atoms with Gasteiger partial charge in [0.15, 0.2) is 0 Å². The molecule has 50 heavy (non-hydrogen) atoms. The van der Waals surface area contributed by atoms with E-state index < -0.39 is 17.4 Å². The maximum Gasteiger partial charge on any atom is 0.573 e. The van der Waals surface area contributed by atoms with Crippen molar-refractivity contribution in [2.75, 3.05) is 13.2 Å². The van der Waals surface area contributed by atoms with Crippen molar-refractivity contribution in [3.8, 4) is 11.5 Å². The van der Waals surface area contributed by atoms with Gasteiger partial charge in [-0.05, 0) is 60.2 Å². The second kappa shape index (κ2) is 15.2. The van der Waals surface area contributed by atoms with Crippen LogP contribution in [0, 0.1) is 17.3 Å². The number of alkyl halides is 3. The van der Waals surface area contributed by atoms with Crippen molar-refractivity contribution in [1.29, 1.82) is 0 Å². The molecule has 1 N–H and O–H groups in total. The van der Waals surface area contributed by atoms with E-state index in [-0.39, 0.29) is 24.2 Å². The number of hydrogen-bond acceptors (Lipinski definition) is 7. The first kappa shape index (κ1) is 34.7. The Hall–Kier alpha value is -5.16. The second-order valence-electron chi connectivity index (χ2n) is 12.8. The van der Waals surface area contributed by atoms with Crippen LogP contribution in [0.25, 0.3) is 0 Å². The molecule has 1 saturated carbocycles. The molecule has 5 aromatic rings. The number of oxime groups is 1. The molecule has 3 atom stereocenters. The summed E-state index contributed by atoms with van der Waals surface area (Å²) < 4.78 is 56.7. The van der Waals surface area contributed by atoms with Crippen LogP contribution in [0.2, 0.25) is 0 Å². The predicted molar refractivity (Wildman–Crippen MR) is 182 cm³/mol. The van der Waals surface area contributed by atoms with Crippen molar-refractivity contribution in [1.82, 2.24) is 14.8 Å². The van der Waals surface area contributed by atoms with Gasteiger partial charge >= 0.3 is 6.36 Å². The first-order chi connectivity index (χ1) is 24.2. The van der Waals surface area contributed by atoms with Crippen LogP contribution in [0.15, 0.2) is 133 Å². The van der Waals surface area contributed by atoms with E-state index in [1.165, 1.54) is 30.6 Å². The minimum absolute atomic E-state index is 0.0813. The molecule has 0 spiro atoms. The maximum atomic E-state index is 12.6. The lowest BCUT2D eigenvalue weighted by atomic mass is 9.63. The molecule has 1 aromatic heterocycles. The van der Waals surface area contributed by atoms with Crippen molar-refractivity contribution in [2.24, 2.45) is 22.4 Å². The number of benzene rings is 4. The standard InChI is InChI=1S/C39H39F3N4O4/c1-37(23-24-49-38(30-11-5-2-6-12-30,31-13-7-3-8-14-31)32-15-9-4-10-16-32)22-21-29(35(36(37)45-47)25-46-28-43-27-44-46)26-48-33-17-19-34(20-18-33)50-39(40,41)42/h2-20,27-29,35,47H,21-26H2,1H3/t29-,35-,37-/m0/s1. The minimum atomic E-state index is -4.77. The fraction of sp³-hybridized carbons (Fsp3) is 0.308. The van der Waals surface area contributed by atoms with Crippen molar-refractivity contribution in [3.05, 3.63) is 145 Å². The zero-order chi connectivity index (χ0) is 35.0. The van der Waals surface area contributed by atoms with Gasteiger partial charge < -0.3 is 19.4 Å². The SMILES string of the molecule is C[C@@]1(CCOC(c2ccccc2)(c2ccccc2)c2ccccc2)CC[C@@H](COc2ccc(OC(F)(F)F)cc2)[C@H](Cn2cncn2)C1=NO. The van der Waals surface area contributed by atoms with Crippen LogP contribution in [-0.4, -0.2) is 45.3 Å². The largest absolute Gasteiger partial charge is 0.573 e. The van der Waals surface area contributed by atoms with Crippen LogP contribution >= 0.6 is 0 Å². The Labute approximate surface area is 289 Å². The van der Waals surface area contributed by atoms with E-state index in [0.29, 0.717) is 37.5 Å². The van der Waals surface area contributed by atoms with E-state index in [0.717, 1.165) is 23.1 Å². The molecule has 260 valence electrons. The van der Waals surface area contributed by atoms with Crippen LogP contribution < -0.4 is 9.47 Å². The molecule has 8 nitrogen and oxygen atoms in total. The summed E-state index contributed by atoms with van der Waals surface area (Å²) in [5.74, 6) is -0.268. The second-order valence-corrected chi connectivity index (χ2v) is 12.8. The third-order valence-electron chi connectivity index (χ3n) is 9.60. The van der Waals surface area contributed by atoms with Gasteiger partial charge in [0.1, 0.15) is 29.8 Å². The normalized spacial score (nSPS) is 20.4. The van der Waals surface area contributed by atoms with E-state index in [2.05, 4.69) is 63.3 Å². The van der Waals surface area contributed by atoms with Gasteiger partial charge in [-0.2, -0.15) is 5.10 Å². The predicted octanol–water partition coefficient (Wildman–Crippen LogP) is 8.52. The van der Waals surface area contributed by atoms with Crippen LogP contribution in [0.4, 0.5) is 13.2 Å². The fourth-order valence-corrected chi connectivity index (χ4v) is 7.05. The Kier molecular flexibility index (Phi) is 10.5. The van der Waals surface area contributed by atoms with E-state index in [4.69, 9.17) is 9.47 Å².